The van der Waals surface area contributed by atoms with Crippen LogP contribution in [0.3, 0.4) is 0 Å². The molecule has 0 radical (unpaired) electrons. The Labute approximate surface area is 489 Å². The van der Waals surface area contributed by atoms with Gasteiger partial charge in [-0.05, 0) is 227 Å². The summed E-state index contributed by atoms with van der Waals surface area (Å²) >= 11 is 0. The van der Waals surface area contributed by atoms with Gasteiger partial charge in [0.1, 0.15) is 0 Å². The van der Waals surface area contributed by atoms with E-state index in [2.05, 4.69) is 267 Å². The maximum atomic E-state index is 3.76. The van der Waals surface area contributed by atoms with Crippen LogP contribution in [0.2, 0.25) is 0 Å². The molecule has 8 rings (SSSR count). The van der Waals surface area contributed by atoms with Gasteiger partial charge in [0.2, 0.25) is 0 Å². The van der Waals surface area contributed by atoms with Gasteiger partial charge >= 0.3 is 0 Å². The summed E-state index contributed by atoms with van der Waals surface area (Å²) in [6.07, 6.45) is 24.5. The molecule has 2 aromatic carbocycles. The molecule has 0 bridgehead atoms. The molecule has 78 heavy (non-hydrogen) atoms. The molecule has 6 aliphatic rings. The Morgan fingerprint density at radius 1 is 0.333 bits per heavy atom. The van der Waals surface area contributed by atoms with Crippen LogP contribution in [0.5, 0.6) is 0 Å². The minimum atomic E-state index is 0.254. The van der Waals surface area contributed by atoms with Crippen LogP contribution in [0.15, 0.2) is 48.5 Å². The van der Waals surface area contributed by atoms with E-state index >= 15 is 0 Å². The van der Waals surface area contributed by atoms with Gasteiger partial charge in [-0.1, -0.05) is 221 Å². The molecular formula is C76H136N2. The molecule has 0 unspecified atom stereocenters. The molecule has 2 N–H and O–H groups in total. The highest BCUT2D eigenvalue weighted by molar-refractivity contribution is 5.47. The van der Waals surface area contributed by atoms with Gasteiger partial charge in [-0.2, -0.15) is 0 Å². The second-order valence-corrected chi connectivity index (χ2v) is 38.9. The Hall–Kier alpha value is -1.64. The van der Waals surface area contributed by atoms with Crippen LogP contribution in [0, 0.1) is 43.3 Å². The maximum Gasteiger partial charge on any atom is 0.0236 e. The number of rotatable bonds is 11. The average Bonchev–Trinajstić information content (AvgIpc) is 3.98. The number of hydrogen-bond donors (Lipinski definition) is 2. The quantitative estimate of drug-likeness (QED) is 0.234. The number of nitrogens with one attached hydrogen (secondary N) is 2. The highest BCUT2D eigenvalue weighted by Crippen LogP contribution is 2.65. The summed E-state index contributed by atoms with van der Waals surface area (Å²) in [5.41, 5.74) is 13.3. The first kappa shape index (κ1) is 68.9. The third kappa shape index (κ3) is 20.9. The Bertz CT molecular complexity index is 2150. The fourth-order valence-corrected chi connectivity index (χ4v) is 14.5. The van der Waals surface area contributed by atoms with Gasteiger partial charge in [0.15, 0.2) is 0 Å². The fraction of sp³-hybridized carbons (Fsp3) is 0.842. The number of benzene rings is 2. The third-order valence-corrected chi connectivity index (χ3v) is 18.9. The SMILES string of the molecule is CC(C)(C)CC1(NC(C)(C)C)CC1.CC(C)(C)CC1(c2cccc(C3(C(C)(C)C)CC3)c2)CC1.CC(C)(C)CC1(c2ccccc2C2(C(C)(C)C)CC2)CC1.CC(C)(C)CCCC(C)(C)C.CC(C)(C)NC1(C(C)(C)C)CC1. The summed E-state index contributed by atoms with van der Waals surface area (Å²) in [6.45, 7) is 70.3. The molecule has 2 nitrogen and oxygen atoms in total. The second-order valence-electron chi connectivity index (χ2n) is 38.9. The van der Waals surface area contributed by atoms with Crippen LogP contribution in [-0.4, -0.2) is 22.2 Å². The van der Waals surface area contributed by atoms with E-state index in [-0.39, 0.29) is 11.1 Å². The lowest BCUT2D eigenvalue weighted by molar-refractivity contribution is 0.199. The Balaban J connectivity index is 0.000000217. The molecule has 6 fully saturated rings. The summed E-state index contributed by atoms with van der Waals surface area (Å²) in [5.74, 6) is 0. The van der Waals surface area contributed by atoms with E-state index in [4.69, 9.17) is 0 Å². The van der Waals surface area contributed by atoms with Crippen molar-refractivity contribution in [3.8, 4) is 0 Å². The minimum Gasteiger partial charge on any atom is -0.307 e. The van der Waals surface area contributed by atoms with Gasteiger partial charge in [0.25, 0.3) is 0 Å². The highest BCUT2D eigenvalue weighted by Gasteiger charge is 2.58. The van der Waals surface area contributed by atoms with Gasteiger partial charge in [0, 0.05) is 33.0 Å². The molecule has 6 saturated carbocycles. The molecular weight excluding hydrogens is 941 g/mol. The normalized spacial score (nSPS) is 21.4. The topological polar surface area (TPSA) is 24.1 Å². The lowest BCUT2D eigenvalue weighted by Gasteiger charge is -2.38. The van der Waals surface area contributed by atoms with Gasteiger partial charge < -0.3 is 10.6 Å². The van der Waals surface area contributed by atoms with Gasteiger partial charge in [-0.3, -0.25) is 0 Å². The Morgan fingerprint density at radius 2 is 0.718 bits per heavy atom. The van der Waals surface area contributed by atoms with E-state index in [1.807, 2.05) is 0 Å². The lowest BCUT2D eigenvalue weighted by Crippen LogP contribution is -2.51. The first-order valence-electron chi connectivity index (χ1n) is 32.5. The van der Waals surface area contributed by atoms with Crippen molar-refractivity contribution in [1.82, 2.24) is 10.6 Å². The molecule has 0 atom stereocenters. The smallest absolute Gasteiger partial charge is 0.0236 e. The van der Waals surface area contributed by atoms with Crippen LogP contribution in [0.4, 0.5) is 0 Å². The van der Waals surface area contributed by atoms with Crippen molar-refractivity contribution in [2.75, 3.05) is 0 Å². The molecule has 0 amide bonds. The molecule has 0 aliphatic heterocycles. The minimum absolute atomic E-state index is 0.254. The second kappa shape index (κ2) is 23.1. The molecule has 0 spiro atoms. The van der Waals surface area contributed by atoms with Crippen LogP contribution < -0.4 is 10.6 Å². The molecule has 2 aromatic rings. The largest absolute Gasteiger partial charge is 0.307 e. The standard InChI is InChI=1S/2C21H32.C12H25N.C11H23N.C11H24/c1-18(2,3)15-20(10-11-20)16-8-7-9-17(14-16)21(12-13-21)19(4,5)6;1-18(2,3)15-20(11-12-20)16-9-7-8-10-17(16)21(13-14-21)19(4,5)6;1-10(2,3)9-12(7-8-12)13-11(4,5)6;1-9(2,3)11(7-8-11)12-10(4,5)6;1-10(2,3)8-7-9-11(4,5)6/h7-9,14H,10-13,15H2,1-6H3;7-10H,11-15H2,1-6H3;13H,7-9H2,1-6H3;12H,7-8H2,1-6H3;7-9H2,1-6H3. The summed E-state index contributed by atoms with van der Waals surface area (Å²) in [6, 6.07) is 19.1. The van der Waals surface area contributed by atoms with Crippen LogP contribution in [0.25, 0.3) is 0 Å². The van der Waals surface area contributed by atoms with Gasteiger partial charge in [-0.25, -0.2) is 0 Å². The molecule has 6 aliphatic carbocycles. The Kier molecular flexibility index (Phi) is 20.4. The van der Waals surface area contributed by atoms with E-state index in [1.165, 1.54) is 116 Å². The summed E-state index contributed by atoms with van der Waals surface area (Å²) in [7, 11) is 0. The number of hydrogen-bond acceptors (Lipinski definition) is 2. The first-order valence-corrected chi connectivity index (χ1v) is 32.5. The van der Waals surface area contributed by atoms with Crippen molar-refractivity contribution in [1.29, 1.82) is 0 Å². The van der Waals surface area contributed by atoms with E-state index in [9.17, 15) is 0 Å². The molecule has 0 aromatic heterocycles. The van der Waals surface area contributed by atoms with Crippen molar-refractivity contribution in [2.24, 2.45) is 43.3 Å². The van der Waals surface area contributed by atoms with Gasteiger partial charge in [-0.15, -0.1) is 0 Å². The predicted octanol–water partition coefficient (Wildman–Crippen LogP) is 23.0. The van der Waals surface area contributed by atoms with E-state index < -0.39 is 0 Å². The summed E-state index contributed by atoms with van der Waals surface area (Å²) in [5, 5.41) is 7.51. The first-order chi connectivity index (χ1) is 34.7. The molecule has 2 heteroatoms. The third-order valence-electron chi connectivity index (χ3n) is 18.9. The monoisotopic (exact) mass is 1080 g/mol. The predicted molar refractivity (Wildman–Crippen MR) is 350 cm³/mol. The van der Waals surface area contributed by atoms with Gasteiger partial charge in [0.05, 0.1) is 0 Å². The van der Waals surface area contributed by atoms with Crippen LogP contribution in [-0.2, 0) is 21.7 Å². The van der Waals surface area contributed by atoms with Crippen molar-refractivity contribution in [3.05, 3.63) is 70.8 Å². The molecule has 0 saturated heterocycles. The summed E-state index contributed by atoms with van der Waals surface area (Å²) < 4.78 is 0. The maximum absolute atomic E-state index is 3.76. The van der Waals surface area contributed by atoms with Crippen molar-refractivity contribution < 1.29 is 0 Å². The molecule has 0 heterocycles. The fourth-order valence-electron chi connectivity index (χ4n) is 14.5. The van der Waals surface area contributed by atoms with Crippen molar-refractivity contribution >= 4 is 0 Å². The van der Waals surface area contributed by atoms with Crippen molar-refractivity contribution in [3.63, 3.8) is 0 Å². The summed E-state index contributed by atoms with van der Waals surface area (Å²) in [4.78, 5) is 0. The van der Waals surface area contributed by atoms with E-state index in [0.717, 1.165) is 0 Å². The Morgan fingerprint density at radius 3 is 1.01 bits per heavy atom. The van der Waals surface area contributed by atoms with Crippen molar-refractivity contribution in [2.45, 2.75) is 367 Å². The van der Waals surface area contributed by atoms with E-state index in [0.29, 0.717) is 76.1 Å². The van der Waals surface area contributed by atoms with Crippen LogP contribution in [0.1, 0.15) is 346 Å². The van der Waals surface area contributed by atoms with Crippen LogP contribution >= 0.6 is 0 Å². The zero-order chi connectivity index (χ0) is 60.1. The highest BCUT2D eigenvalue weighted by atomic mass is 15.1. The average molecular weight is 1080 g/mol. The zero-order valence-corrected chi connectivity index (χ0v) is 58.3. The van der Waals surface area contributed by atoms with E-state index in [1.54, 1.807) is 22.3 Å². The lowest BCUT2D eigenvalue weighted by atomic mass is 9.68. The zero-order valence-electron chi connectivity index (χ0n) is 58.3. The molecule has 450 valence electrons.